The summed E-state index contributed by atoms with van der Waals surface area (Å²) in [6.45, 7) is 2.19. The Balaban J connectivity index is 1.41. The second-order valence-electron chi connectivity index (χ2n) is 8.07. The second kappa shape index (κ2) is 11.6. The molecule has 0 bridgehead atoms. The van der Waals surface area contributed by atoms with Crippen LogP contribution in [0.15, 0.2) is 77.7 Å². The Bertz CT molecular complexity index is 1260. The normalized spacial score (nSPS) is 12.0. The molecule has 0 fully saturated rings. The van der Waals surface area contributed by atoms with Crippen LogP contribution in [0, 0.1) is 5.82 Å². The summed E-state index contributed by atoms with van der Waals surface area (Å²) in [7, 11) is -3.25. The van der Waals surface area contributed by atoms with E-state index >= 15 is 0 Å². The number of carbonyl (C=O) groups excluding carboxylic acids is 2. The largest absolute Gasteiger partial charge is 0.494 e. The lowest BCUT2D eigenvalue weighted by Gasteiger charge is -2.15. The fourth-order valence-corrected chi connectivity index (χ4v) is 3.89. The van der Waals surface area contributed by atoms with Crippen LogP contribution >= 0.6 is 0 Å². The molecule has 0 saturated carbocycles. The highest BCUT2D eigenvalue weighted by Crippen LogP contribution is 2.18. The molecule has 3 rings (SSSR count). The summed E-state index contributed by atoms with van der Waals surface area (Å²) in [5.41, 5.74) is 1.81. The maximum absolute atomic E-state index is 13.0. The number of anilines is 1. The zero-order valence-electron chi connectivity index (χ0n) is 19.5. The minimum Gasteiger partial charge on any atom is -0.494 e. The van der Waals surface area contributed by atoms with Gasteiger partial charge < -0.3 is 15.4 Å². The van der Waals surface area contributed by atoms with Crippen molar-refractivity contribution in [1.82, 2.24) is 5.32 Å². The molecule has 0 aliphatic heterocycles. The van der Waals surface area contributed by atoms with Gasteiger partial charge in [-0.3, -0.25) is 9.59 Å². The fraction of sp³-hybridized carbons (Fsp3) is 0.231. The maximum atomic E-state index is 13.0. The lowest BCUT2D eigenvalue weighted by molar-refractivity contribution is -0.121. The van der Waals surface area contributed by atoms with E-state index in [0.29, 0.717) is 30.0 Å². The van der Waals surface area contributed by atoms with Crippen LogP contribution in [0.3, 0.4) is 0 Å². The smallest absolute Gasteiger partial charge is 0.255 e. The van der Waals surface area contributed by atoms with Crippen LogP contribution in [0.2, 0.25) is 0 Å². The Morgan fingerprint density at radius 2 is 1.57 bits per heavy atom. The van der Waals surface area contributed by atoms with Gasteiger partial charge in [-0.1, -0.05) is 12.1 Å². The molecule has 184 valence electrons. The summed E-state index contributed by atoms with van der Waals surface area (Å²) in [5.74, 6) is -0.330. The molecule has 0 aliphatic carbocycles. The van der Waals surface area contributed by atoms with E-state index in [0.717, 1.165) is 11.8 Å². The van der Waals surface area contributed by atoms with E-state index in [2.05, 4.69) is 10.6 Å². The number of sulfone groups is 1. The zero-order chi connectivity index (χ0) is 25.4. The molecule has 2 amide bonds. The zero-order valence-corrected chi connectivity index (χ0v) is 20.3. The molecule has 1 atom stereocenters. The Hall–Kier alpha value is -3.72. The molecular weight excluding hydrogens is 471 g/mol. The van der Waals surface area contributed by atoms with E-state index < -0.39 is 15.7 Å². The Morgan fingerprint density at radius 3 is 2.17 bits per heavy atom. The minimum absolute atomic E-state index is 0.123. The van der Waals surface area contributed by atoms with E-state index in [4.69, 9.17) is 4.74 Å². The molecule has 35 heavy (non-hydrogen) atoms. The van der Waals surface area contributed by atoms with Gasteiger partial charge >= 0.3 is 0 Å². The van der Waals surface area contributed by atoms with Gasteiger partial charge in [-0.2, -0.15) is 0 Å². The monoisotopic (exact) mass is 498 g/mol. The molecule has 0 saturated heterocycles. The van der Waals surface area contributed by atoms with Crippen molar-refractivity contribution < 1.29 is 27.1 Å². The van der Waals surface area contributed by atoms with E-state index in [1.807, 2.05) is 19.1 Å². The van der Waals surface area contributed by atoms with Gasteiger partial charge in [0.15, 0.2) is 9.84 Å². The van der Waals surface area contributed by atoms with Crippen LogP contribution in [0.25, 0.3) is 0 Å². The summed E-state index contributed by atoms with van der Waals surface area (Å²) in [5, 5.41) is 5.68. The summed E-state index contributed by atoms with van der Waals surface area (Å²) in [6.07, 6.45) is 1.92. The molecule has 0 radical (unpaired) electrons. The van der Waals surface area contributed by atoms with E-state index in [9.17, 15) is 22.4 Å². The SMILES string of the molecule is CC(NC(=O)CCCOc1ccc(S(C)(=O)=O)cc1)c1ccc(NC(=O)c2ccc(F)cc2)cc1. The van der Waals surface area contributed by atoms with Crippen molar-refractivity contribution in [1.29, 1.82) is 0 Å². The molecule has 9 heteroatoms. The van der Waals surface area contributed by atoms with E-state index in [1.54, 1.807) is 24.3 Å². The standard InChI is InChI=1S/C26H27FN2O5S/c1-18(19-7-11-22(12-8-19)29-26(31)20-5-9-21(27)10-6-20)28-25(30)4-3-17-34-23-13-15-24(16-14-23)35(2,32)33/h5-16,18H,3-4,17H2,1-2H3,(H,28,30)(H,29,31). The molecule has 0 aromatic heterocycles. The predicted octanol–water partition coefficient (Wildman–Crippen LogP) is 4.52. The van der Waals surface area contributed by atoms with Crippen LogP contribution in [-0.2, 0) is 14.6 Å². The first kappa shape index (κ1) is 25.9. The Morgan fingerprint density at radius 1 is 0.943 bits per heavy atom. The van der Waals surface area contributed by atoms with Crippen molar-refractivity contribution in [3.8, 4) is 5.75 Å². The van der Waals surface area contributed by atoms with Crippen LogP contribution in [0.1, 0.15) is 41.7 Å². The molecule has 3 aromatic carbocycles. The highest BCUT2D eigenvalue weighted by Gasteiger charge is 2.11. The number of rotatable bonds is 10. The molecule has 0 heterocycles. The number of benzene rings is 3. The number of hydrogen-bond acceptors (Lipinski definition) is 5. The van der Waals surface area contributed by atoms with Gasteiger partial charge in [0.2, 0.25) is 5.91 Å². The van der Waals surface area contributed by atoms with Crippen molar-refractivity contribution in [2.45, 2.75) is 30.7 Å². The molecule has 1 unspecified atom stereocenters. The van der Waals surface area contributed by atoms with Crippen LogP contribution in [-0.4, -0.2) is 33.1 Å². The molecular formula is C26H27FN2O5S. The maximum Gasteiger partial charge on any atom is 0.255 e. The molecule has 7 nitrogen and oxygen atoms in total. The van der Waals surface area contributed by atoms with Crippen LogP contribution in [0.5, 0.6) is 5.75 Å². The molecule has 3 aromatic rings. The number of carbonyl (C=O) groups is 2. The van der Waals surface area contributed by atoms with Crippen molar-refractivity contribution in [3.05, 3.63) is 89.7 Å². The number of halogens is 1. The summed E-state index contributed by atoms with van der Waals surface area (Å²) in [4.78, 5) is 24.7. The van der Waals surface area contributed by atoms with Gasteiger partial charge in [-0.05, 0) is 79.6 Å². The predicted molar refractivity (Wildman–Crippen MR) is 132 cm³/mol. The quantitative estimate of drug-likeness (QED) is 0.400. The number of amides is 2. The summed E-state index contributed by atoms with van der Waals surface area (Å²) in [6, 6.07) is 18.3. The van der Waals surface area contributed by atoms with Gasteiger partial charge in [0.05, 0.1) is 17.5 Å². The van der Waals surface area contributed by atoms with Gasteiger partial charge in [0, 0.05) is 23.9 Å². The summed E-state index contributed by atoms with van der Waals surface area (Å²) >= 11 is 0. The third-order valence-corrected chi connectivity index (χ3v) is 6.35. The van der Waals surface area contributed by atoms with E-state index in [1.165, 1.54) is 36.4 Å². The van der Waals surface area contributed by atoms with Crippen molar-refractivity contribution in [2.75, 3.05) is 18.2 Å². The number of ether oxygens (including phenoxy) is 1. The Kier molecular flexibility index (Phi) is 8.59. The fourth-order valence-electron chi connectivity index (χ4n) is 3.26. The lowest BCUT2D eigenvalue weighted by atomic mass is 10.1. The van der Waals surface area contributed by atoms with Crippen molar-refractivity contribution in [3.63, 3.8) is 0 Å². The van der Waals surface area contributed by atoms with Crippen LogP contribution < -0.4 is 15.4 Å². The Labute approximate surface area is 204 Å². The van der Waals surface area contributed by atoms with Crippen molar-refractivity contribution >= 4 is 27.3 Å². The van der Waals surface area contributed by atoms with Gasteiger partial charge in [0.25, 0.3) is 5.91 Å². The van der Waals surface area contributed by atoms with Crippen molar-refractivity contribution in [2.24, 2.45) is 0 Å². The molecule has 0 spiro atoms. The highest BCUT2D eigenvalue weighted by molar-refractivity contribution is 7.90. The molecule has 0 aliphatic rings. The minimum atomic E-state index is -3.25. The number of hydrogen-bond donors (Lipinski definition) is 2. The lowest BCUT2D eigenvalue weighted by Crippen LogP contribution is -2.26. The topological polar surface area (TPSA) is 102 Å². The highest BCUT2D eigenvalue weighted by atomic mass is 32.2. The first-order valence-electron chi connectivity index (χ1n) is 11.0. The van der Waals surface area contributed by atoms with Gasteiger partial charge in [0.1, 0.15) is 11.6 Å². The van der Waals surface area contributed by atoms with E-state index in [-0.39, 0.29) is 29.2 Å². The number of nitrogens with one attached hydrogen (secondary N) is 2. The first-order valence-corrected chi connectivity index (χ1v) is 12.9. The second-order valence-corrected chi connectivity index (χ2v) is 10.1. The average Bonchev–Trinajstić information content (AvgIpc) is 2.82. The van der Waals surface area contributed by atoms with Gasteiger partial charge in [-0.15, -0.1) is 0 Å². The average molecular weight is 499 g/mol. The van der Waals surface area contributed by atoms with Gasteiger partial charge in [-0.25, -0.2) is 12.8 Å². The van der Waals surface area contributed by atoms with Crippen LogP contribution in [0.4, 0.5) is 10.1 Å². The summed E-state index contributed by atoms with van der Waals surface area (Å²) < 4.78 is 41.5. The third-order valence-electron chi connectivity index (χ3n) is 5.22. The first-order chi connectivity index (χ1) is 16.6. The third kappa shape index (κ3) is 7.92. The molecule has 2 N–H and O–H groups in total.